The van der Waals surface area contributed by atoms with Crippen LogP contribution in [-0.4, -0.2) is 17.6 Å². The van der Waals surface area contributed by atoms with Crippen LogP contribution in [0.1, 0.15) is 41.7 Å². The molecule has 1 aliphatic carbocycles. The predicted molar refractivity (Wildman–Crippen MR) is 96.1 cm³/mol. The van der Waals surface area contributed by atoms with Gasteiger partial charge in [0.15, 0.2) is 17.4 Å². The number of ether oxygens (including phenoxy) is 2. The van der Waals surface area contributed by atoms with E-state index in [1.165, 1.54) is 24.3 Å². The van der Waals surface area contributed by atoms with E-state index < -0.39 is 23.4 Å². The number of esters is 1. The van der Waals surface area contributed by atoms with E-state index in [0.717, 1.165) is 25.0 Å². The number of fused-ring (bicyclic) bond motifs is 1. The van der Waals surface area contributed by atoms with Crippen molar-refractivity contribution in [1.29, 1.82) is 0 Å². The van der Waals surface area contributed by atoms with Crippen LogP contribution in [0.15, 0.2) is 36.4 Å². The molecular formula is C21H16F3NO3. The number of nitrogens with zero attached hydrogens (tertiary/aromatic N) is 1. The third-order valence-corrected chi connectivity index (χ3v) is 4.48. The van der Waals surface area contributed by atoms with E-state index in [9.17, 15) is 18.0 Å². The smallest absolute Gasteiger partial charge is 0.343 e. The quantitative estimate of drug-likeness (QED) is 0.543. The summed E-state index contributed by atoms with van der Waals surface area (Å²) in [7, 11) is 0. The zero-order valence-electron chi connectivity index (χ0n) is 15.0. The van der Waals surface area contributed by atoms with Crippen LogP contribution in [0.4, 0.5) is 13.2 Å². The van der Waals surface area contributed by atoms with Gasteiger partial charge < -0.3 is 9.47 Å². The third kappa shape index (κ3) is 3.40. The van der Waals surface area contributed by atoms with Gasteiger partial charge in [0, 0.05) is 17.4 Å². The van der Waals surface area contributed by atoms with Gasteiger partial charge in [-0.25, -0.2) is 18.0 Å². The Bertz CT molecular complexity index is 1060. The van der Waals surface area contributed by atoms with Gasteiger partial charge >= 0.3 is 5.97 Å². The normalized spacial score (nSPS) is 13.6. The number of benzene rings is 2. The number of pyridine rings is 1. The summed E-state index contributed by atoms with van der Waals surface area (Å²) >= 11 is 0. The van der Waals surface area contributed by atoms with E-state index in [0.29, 0.717) is 5.69 Å². The van der Waals surface area contributed by atoms with Crippen molar-refractivity contribution < 1.29 is 27.4 Å². The Morgan fingerprint density at radius 2 is 1.79 bits per heavy atom. The molecule has 0 atom stereocenters. The molecule has 0 N–H and O–H groups in total. The topological polar surface area (TPSA) is 48.4 Å². The zero-order chi connectivity index (χ0) is 19.8. The maximum Gasteiger partial charge on any atom is 0.343 e. The molecule has 1 aromatic heterocycles. The molecule has 0 bridgehead atoms. The number of carbonyl (C=O) groups excluding carboxylic acids is 1. The van der Waals surface area contributed by atoms with Gasteiger partial charge in [-0.1, -0.05) is 0 Å². The molecule has 1 fully saturated rings. The molecule has 1 saturated carbocycles. The first-order valence-corrected chi connectivity index (χ1v) is 8.91. The minimum Gasteiger partial charge on any atom is -0.462 e. The first-order valence-electron chi connectivity index (χ1n) is 8.91. The van der Waals surface area contributed by atoms with Crippen LogP contribution in [0.5, 0.6) is 11.5 Å². The largest absolute Gasteiger partial charge is 0.462 e. The monoisotopic (exact) mass is 387 g/mol. The number of halogens is 3. The summed E-state index contributed by atoms with van der Waals surface area (Å²) in [4.78, 5) is 17.1. The van der Waals surface area contributed by atoms with Crippen molar-refractivity contribution in [3.8, 4) is 11.5 Å². The van der Waals surface area contributed by atoms with Crippen molar-refractivity contribution in [1.82, 2.24) is 4.98 Å². The minimum atomic E-state index is -1.09. The Morgan fingerprint density at radius 3 is 2.43 bits per heavy atom. The summed E-state index contributed by atoms with van der Waals surface area (Å²) in [5.74, 6) is -2.95. The van der Waals surface area contributed by atoms with Gasteiger partial charge in [0.2, 0.25) is 0 Å². The van der Waals surface area contributed by atoms with Crippen molar-refractivity contribution in [2.45, 2.75) is 25.7 Å². The average molecular weight is 387 g/mol. The second kappa shape index (κ2) is 7.14. The summed E-state index contributed by atoms with van der Waals surface area (Å²) in [5, 5.41) is 0.135. The van der Waals surface area contributed by atoms with Gasteiger partial charge in [0.05, 0.1) is 17.8 Å². The van der Waals surface area contributed by atoms with E-state index in [-0.39, 0.29) is 40.5 Å². The van der Waals surface area contributed by atoms with Gasteiger partial charge in [0.25, 0.3) is 0 Å². The first kappa shape index (κ1) is 18.3. The fourth-order valence-electron chi connectivity index (χ4n) is 3.03. The molecule has 0 amide bonds. The Balaban J connectivity index is 1.98. The molecule has 0 spiro atoms. The van der Waals surface area contributed by atoms with Crippen molar-refractivity contribution in [2.24, 2.45) is 0 Å². The molecule has 0 radical (unpaired) electrons. The van der Waals surface area contributed by atoms with E-state index in [4.69, 9.17) is 9.47 Å². The van der Waals surface area contributed by atoms with Crippen molar-refractivity contribution in [3.63, 3.8) is 0 Å². The van der Waals surface area contributed by atoms with Crippen LogP contribution < -0.4 is 4.74 Å². The highest BCUT2D eigenvalue weighted by atomic mass is 19.2. The van der Waals surface area contributed by atoms with E-state index in [2.05, 4.69) is 4.98 Å². The number of hydrogen-bond donors (Lipinski definition) is 0. The van der Waals surface area contributed by atoms with Crippen LogP contribution in [0.2, 0.25) is 0 Å². The predicted octanol–water partition coefficient (Wildman–Crippen LogP) is 5.50. The lowest BCUT2D eigenvalue weighted by molar-refractivity contribution is 0.0522. The van der Waals surface area contributed by atoms with Gasteiger partial charge in [-0.05, 0) is 50.1 Å². The molecule has 2 aromatic carbocycles. The van der Waals surface area contributed by atoms with Crippen molar-refractivity contribution >= 4 is 16.9 Å². The molecule has 1 aliphatic rings. The van der Waals surface area contributed by atoms with Crippen LogP contribution in [0.25, 0.3) is 10.9 Å². The number of hydrogen-bond acceptors (Lipinski definition) is 4. The van der Waals surface area contributed by atoms with Gasteiger partial charge in [-0.2, -0.15) is 0 Å². The SMILES string of the molecule is CCOC(=O)c1c(C2CC2)nc2cc(F)c(F)cc2c1Oc1ccc(F)cc1. The molecule has 0 saturated heterocycles. The van der Waals surface area contributed by atoms with Crippen LogP contribution >= 0.6 is 0 Å². The van der Waals surface area contributed by atoms with Gasteiger partial charge in [-0.3, -0.25) is 4.98 Å². The lowest BCUT2D eigenvalue weighted by Gasteiger charge is -2.17. The summed E-state index contributed by atoms with van der Waals surface area (Å²) in [6.45, 7) is 1.80. The van der Waals surface area contributed by atoms with Crippen molar-refractivity contribution in [3.05, 3.63) is 65.1 Å². The Hall–Kier alpha value is -3.09. The highest BCUT2D eigenvalue weighted by molar-refractivity contribution is 6.01. The zero-order valence-corrected chi connectivity index (χ0v) is 15.0. The van der Waals surface area contributed by atoms with Crippen molar-refractivity contribution in [2.75, 3.05) is 6.61 Å². The minimum absolute atomic E-state index is 0.0208. The Kier molecular flexibility index (Phi) is 4.66. The van der Waals surface area contributed by atoms with Crippen LogP contribution in [-0.2, 0) is 4.74 Å². The maximum absolute atomic E-state index is 13.9. The molecule has 1 heterocycles. The molecule has 3 aromatic rings. The van der Waals surface area contributed by atoms with E-state index in [1.807, 2.05) is 0 Å². The highest BCUT2D eigenvalue weighted by Crippen LogP contribution is 2.46. The summed E-state index contributed by atoms with van der Waals surface area (Å²) < 4.78 is 52.0. The lowest BCUT2D eigenvalue weighted by Crippen LogP contribution is -2.12. The molecule has 0 aliphatic heterocycles. The molecule has 4 nitrogen and oxygen atoms in total. The molecular weight excluding hydrogens is 371 g/mol. The van der Waals surface area contributed by atoms with E-state index in [1.54, 1.807) is 6.92 Å². The number of aromatic nitrogens is 1. The second-order valence-electron chi connectivity index (χ2n) is 6.54. The average Bonchev–Trinajstić information content (AvgIpc) is 3.50. The Labute approximate surface area is 158 Å². The third-order valence-electron chi connectivity index (χ3n) is 4.48. The molecule has 4 rings (SSSR count). The fraction of sp³-hybridized carbons (Fsp3) is 0.238. The molecule has 7 heteroatoms. The standard InChI is InChI=1S/C21H16F3NO3/c1-2-27-21(26)18-19(11-3-4-11)25-17-10-16(24)15(23)9-14(17)20(18)28-13-7-5-12(22)6-8-13/h5-11H,2-4H2,1H3. The van der Waals surface area contributed by atoms with E-state index >= 15 is 0 Å². The summed E-state index contributed by atoms with van der Waals surface area (Å²) in [5.41, 5.74) is 0.701. The summed E-state index contributed by atoms with van der Waals surface area (Å²) in [6, 6.07) is 7.08. The lowest BCUT2D eigenvalue weighted by atomic mass is 10.0. The van der Waals surface area contributed by atoms with Gasteiger partial charge in [-0.15, -0.1) is 0 Å². The Morgan fingerprint density at radius 1 is 1.11 bits per heavy atom. The van der Waals surface area contributed by atoms with Gasteiger partial charge in [0.1, 0.15) is 17.1 Å². The summed E-state index contributed by atoms with van der Waals surface area (Å²) in [6.07, 6.45) is 1.65. The first-order chi connectivity index (χ1) is 13.5. The molecule has 0 unspecified atom stereocenters. The molecule has 28 heavy (non-hydrogen) atoms. The maximum atomic E-state index is 13.9. The number of rotatable bonds is 5. The number of carbonyl (C=O) groups is 1. The van der Waals surface area contributed by atoms with Crippen LogP contribution in [0, 0.1) is 17.5 Å². The molecule has 144 valence electrons. The highest BCUT2D eigenvalue weighted by Gasteiger charge is 2.34. The second-order valence-corrected chi connectivity index (χ2v) is 6.54. The van der Waals surface area contributed by atoms with Crippen LogP contribution in [0.3, 0.4) is 0 Å². The fourth-order valence-corrected chi connectivity index (χ4v) is 3.03.